The van der Waals surface area contributed by atoms with Crippen LogP contribution in [0.1, 0.15) is 38.3 Å². The molecule has 2 rings (SSSR count). The first-order valence-electron chi connectivity index (χ1n) is 10.7. The average molecular weight is 395 g/mol. The summed E-state index contributed by atoms with van der Waals surface area (Å²) in [6.45, 7) is 10.6. The molecule has 0 fully saturated rings. The Labute approximate surface area is 183 Å². The van der Waals surface area contributed by atoms with E-state index >= 15 is 0 Å². The number of allylic oxidation sites excluding steroid dienone is 9. The number of benzene rings is 2. The Hall–Kier alpha value is -3.12. The largest absolute Gasteiger partial charge is 0.103 e. The average Bonchev–Trinajstić information content (AvgIpc) is 2.77. The second-order valence-corrected chi connectivity index (χ2v) is 7.51. The molecule has 2 aromatic carbocycles. The zero-order valence-electron chi connectivity index (χ0n) is 18.5. The van der Waals surface area contributed by atoms with E-state index in [9.17, 15) is 0 Å². The molecule has 0 radical (unpaired) electrons. The molecule has 30 heavy (non-hydrogen) atoms. The quantitative estimate of drug-likeness (QED) is 0.279. The fraction of sp³-hybridized carbons (Fsp3) is 0.200. The number of rotatable bonds is 10. The fourth-order valence-electron chi connectivity index (χ4n) is 3.56. The van der Waals surface area contributed by atoms with Crippen LogP contribution in [0.2, 0.25) is 0 Å². The summed E-state index contributed by atoms with van der Waals surface area (Å²) in [5, 5.41) is 0. The van der Waals surface area contributed by atoms with Gasteiger partial charge in [0.1, 0.15) is 0 Å². The molecule has 0 aliphatic rings. The summed E-state index contributed by atoms with van der Waals surface area (Å²) in [5.74, 6) is 0.691. The van der Waals surface area contributed by atoms with Gasteiger partial charge in [-0.1, -0.05) is 133 Å². The van der Waals surface area contributed by atoms with Gasteiger partial charge in [0.25, 0.3) is 0 Å². The van der Waals surface area contributed by atoms with E-state index in [1.54, 1.807) is 0 Å². The van der Waals surface area contributed by atoms with Gasteiger partial charge in [-0.25, -0.2) is 0 Å². The van der Waals surface area contributed by atoms with Crippen LogP contribution in [-0.2, 0) is 0 Å². The molecule has 2 aromatic rings. The van der Waals surface area contributed by atoms with Crippen LogP contribution in [0.15, 0.2) is 121 Å². The topological polar surface area (TPSA) is 0 Å². The van der Waals surface area contributed by atoms with Crippen molar-refractivity contribution in [3.8, 4) is 0 Å². The lowest BCUT2D eigenvalue weighted by atomic mass is 9.81. The van der Waals surface area contributed by atoms with Gasteiger partial charge in [-0.15, -0.1) is 6.58 Å². The van der Waals surface area contributed by atoms with E-state index in [1.165, 1.54) is 22.3 Å². The summed E-state index contributed by atoms with van der Waals surface area (Å²) in [7, 11) is 0. The maximum Gasteiger partial charge on any atom is 0.00506 e. The summed E-state index contributed by atoms with van der Waals surface area (Å²) in [5.41, 5.74) is 5.18. The minimum Gasteiger partial charge on any atom is -0.103 e. The van der Waals surface area contributed by atoms with Crippen molar-refractivity contribution in [3.05, 3.63) is 132 Å². The van der Waals surface area contributed by atoms with Crippen LogP contribution < -0.4 is 0 Å². The Morgan fingerprint density at radius 2 is 1.40 bits per heavy atom. The molecule has 0 aromatic heterocycles. The zero-order chi connectivity index (χ0) is 21.6. The second kappa shape index (κ2) is 13.2. The lowest BCUT2D eigenvalue weighted by Crippen LogP contribution is -2.11. The summed E-state index contributed by atoms with van der Waals surface area (Å²) in [6.07, 6.45) is 20.5. The van der Waals surface area contributed by atoms with Crippen molar-refractivity contribution in [2.24, 2.45) is 11.8 Å². The summed E-state index contributed by atoms with van der Waals surface area (Å²) < 4.78 is 0. The molecule has 0 bridgehead atoms. The van der Waals surface area contributed by atoms with Gasteiger partial charge in [0.05, 0.1) is 0 Å². The predicted octanol–water partition coefficient (Wildman–Crippen LogP) is 8.69. The Bertz CT molecular complexity index is 905. The van der Waals surface area contributed by atoms with Gasteiger partial charge in [-0.05, 0) is 37.3 Å². The third-order valence-corrected chi connectivity index (χ3v) is 5.19. The van der Waals surface area contributed by atoms with E-state index in [-0.39, 0.29) is 0 Å². The first-order valence-corrected chi connectivity index (χ1v) is 10.7. The smallest absolute Gasteiger partial charge is 0.00506 e. The molecule has 0 saturated heterocycles. The van der Waals surface area contributed by atoms with Gasteiger partial charge in [0.2, 0.25) is 0 Å². The molecule has 0 heterocycles. The van der Waals surface area contributed by atoms with E-state index in [2.05, 4.69) is 124 Å². The van der Waals surface area contributed by atoms with Gasteiger partial charge in [-0.2, -0.15) is 0 Å². The van der Waals surface area contributed by atoms with Crippen molar-refractivity contribution >= 4 is 12.2 Å². The van der Waals surface area contributed by atoms with Gasteiger partial charge in [-0.3, -0.25) is 0 Å². The van der Waals surface area contributed by atoms with Crippen molar-refractivity contribution in [2.75, 3.05) is 0 Å². The van der Waals surface area contributed by atoms with E-state index in [4.69, 9.17) is 0 Å². The molecule has 2 unspecified atom stereocenters. The Morgan fingerprint density at radius 1 is 0.867 bits per heavy atom. The maximum absolute atomic E-state index is 4.02. The third-order valence-electron chi connectivity index (χ3n) is 5.19. The molecule has 0 spiro atoms. The Morgan fingerprint density at radius 3 is 1.90 bits per heavy atom. The van der Waals surface area contributed by atoms with Crippen molar-refractivity contribution in [1.82, 2.24) is 0 Å². The standard InChI is InChI=1S/C30H34/c1-5-15-25(3)30(24-14-23-28-20-11-8-12-21-28)29(16-6-2)26(4)17-13-22-27-18-9-7-10-19-27/h5-15,17-25,29H,2,16H2,1,3-4H3/b15-5+,22-13+,23-14+,26-17+,30-24-. The molecular weight excluding hydrogens is 360 g/mol. The zero-order valence-corrected chi connectivity index (χ0v) is 18.5. The van der Waals surface area contributed by atoms with Gasteiger partial charge < -0.3 is 0 Å². The lowest BCUT2D eigenvalue weighted by molar-refractivity contribution is 0.643. The van der Waals surface area contributed by atoms with Gasteiger partial charge >= 0.3 is 0 Å². The SMILES string of the molecule is C=CCC(/C(=C\C=C\c1ccccc1)C(C)/C=C/C)/C(C)=C/C=C/c1ccccc1. The van der Waals surface area contributed by atoms with Gasteiger partial charge in [0.15, 0.2) is 0 Å². The van der Waals surface area contributed by atoms with Crippen molar-refractivity contribution in [1.29, 1.82) is 0 Å². The first-order chi connectivity index (χ1) is 14.7. The fourth-order valence-corrected chi connectivity index (χ4v) is 3.56. The van der Waals surface area contributed by atoms with Crippen LogP contribution in [0.4, 0.5) is 0 Å². The Balaban J connectivity index is 2.31. The molecular formula is C30H34. The van der Waals surface area contributed by atoms with E-state index in [0.717, 1.165) is 6.42 Å². The van der Waals surface area contributed by atoms with Crippen molar-refractivity contribution < 1.29 is 0 Å². The summed E-state index contributed by atoms with van der Waals surface area (Å²) in [6, 6.07) is 20.8. The molecule has 0 nitrogen and oxygen atoms in total. The van der Waals surface area contributed by atoms with E-state index in [0.29, 0.717) is 11.8 Å². The maximum atomic E-state index is 4.02. The minimum atomic E-state index is 0.328. The normalized spacial score (nSPS) is 15.2. The van der Waals surface area contributed by atoms with Gasteiger partial charge in [0, 0.05) is 5.92 Å². The molecule has 0 saturated carbocycles. The monoisotopic (exact) mass is 394 g/mol. The first kappa shape index (κ1) is 23.2. The lowest BCUT2D eigenvalue weighted by Gasteiger charge is -2.24. The van der Waals surface area contributed by atoms with Crippen LogP contribution in [0.5, 0.6) is 0 Å². The Kier molecular flexibility index (Phi) is 10.2. The third kappa shape index (κ3) is 7.72. The number of hydrogen-bond acceptors (Lipinski definition) is 0. The highest BCUT2D eigenvalue weighted by molar-refractivity contribution is 5.52. The van der Waals surface area contributed by atoms with Crippen LogP contribution in [0.25, 0.3) is 12.2 Å². The number of hydrogen-bond donors (Lipinski definition) is 0. The molecule has 0 heteroatoms. The van der Waals surface area contributed by atoms with Crippen molar-refractivity contribution in [3.63, 3.8) is 0 Å². The van der Waals surface area contributed by atoms with Crippen LogP contribution in [-0.4, -0.2) is 0 Å². The van der Waals surface area contributed by atoms with Crippen LogP contribution in [0, 0.1) is 11.8 Å². The van der Waals surface area contributed by atoms with E-state index < -0.39 is 0 Å². The highest BCUT2D eigenvalue weighted by atomic mass is 14.2. The molecule has 0 aliphatic carbocycles. The van der Waals surface area contributed by atoms with Crippen LogP contribution in [0.3, 0.4) is 0 Å². The predicted molar refractivity (Wildman–Crippen MR) is 135 cm³/mol. The molecule has 0 aliphatic heterocycles. The summed E-state index contributed by atoms with van der Waals surface area (Å²) >= 11 is 0. The highest BCUT2D eigenvalue weighted by Crippen LogP contribution is 2.31. The molecule has 0 N–H and O–H groups in total. The molecule has 2 atom stereocenters. The molecule has 154 valence electrons. The summed E-state index contributed by atoms with van der Waals surface area (Å²) in [4.78, 5) is 0. The minimum absolute atomic E-state index is 0.328. The van der Waals surface area contributed by atoms with E-state index in [1.807, 2.05) is 18.2 Å². The molecule has 0 amide bonds. The second-order valence-electron chi connectivity index (χ2n) is 7.51. The highest BCUT2D eigenvalue weighted by Gasteiger charge is 2.18. The van der Waals surface area contributed by atoms with Crippen LogP contribution >= 0.6 is 0 Å². The van der Waals surface area contributed by atoms with Crippen molar-refractivity contribution in [2.45, 2.75) is 27.2 Å².